The summed E-state index contributed by atoms with van der Waals surface area (Å²) in [7, 11) is 0. The van der Waals surface area contributed by atoms with Crippen LogP contribution in [-0.4, -0.2) is 17.3 Å². The van der Waals surface area contributed by atoms with E-state index in [0.29, 0.717) is 6.10 Å². The molecule has 0 aliphatic heterocycles. The zero-order chi connectivity index (χ0) is 34.9. The first-order valence-corrected chi connectivity index (χ1v) is 18.4. The Morgan fingerprint density at radius 3 is 1.80 bits per heavy atom. The first-order valence-electron chi connectivity index (χ1n) is 18.4. The Labute approximate surface area is 299 Å². The van der Waals surface area contributed by atoms with Gasteiger partial charge in [-0.05, 0) is 117 Å². The van der Waals surface area contributed by atoms with Gasteiger partial charge in [0.15, 0.2) is 0 Å². The second-order valence-corrected chi connectivity index (χ2v) is 13.7. The molecule has 7 rings (SSSR count). The van der Waals surface area contributed by atoms with Gasteiger partial charge in [0.05, 0.1) is 17.1 Å². The zero-order valence-electron chi connectivity index (χ0n) is 30.5. The van der Waals surface area contributed by atoms with Crippen LogP contribution >= 0.6 is 0 Å². The van der Waals surface area contributed by atoms with E-state index in [0.717, 1.165) is 25.9 Å². The van der Waals surface area contributed by atoms with Crippen LogP contribution in [0.4, 0.5) is 0 Å². The number of aryl methyl sites for hydroxylation is 4. The van der Waals surface area contributed by atoms with E-state index in [-0.39, 0.29) is 0 Å². The Kier molecular flexibility index (Phi) is 11.6. The number of rotatable bonds is 11. The first-order chi connectivity index (χ1) is 24.4. The Hall–Kier alpha value is -4.92. The average molecular weight is 658 g/mol. The van der Waals surface area contributed by atoms with Gasteiger partial charge in [0, 0.05) is 23.1 Å². The molecule has 0 N–H and O–H groups in total. The fraction of sp³-hybridized carbons (Fsp3) is 0.250. The van der Waals surface area contributed by atoms with Crippen molar-refractivity contribution in [3.8, 4) is 27.9 Å². The number of nitrogens with zero attached hydrogens (tertiary/aromatic N) is 1. The minimum absolute atomic E-state index is 0.323. The Morgan fingerprint density at radius 2 is 1.18 bits per heavy atom. The van der Waals surface area contributed by atoms with Gasteiger partial charge in [-0.15, -0.1) is 0 Å². The summed E-state index contributed by atoms with van der Waals surface area (Å²) in [5, 5.41) is 2.59. The van der Waals surface area contributed by atoms with Crippen molar-refractivity contribution in [1.29, 1.82) is 0 Å². The van der Waals surface area contributed by atoms with Crippen LogP contribution in [0.2, 0.25) is 0 Å². The van der Waals surface area contributed by atoms with Gasteiger partial charge in [-0.1, -0.05) is 134 Å². The first kappa shape index (κ1) is 34.9. The average Bonchev–Trinajstić information content (AvgIpc) is 3.48. The van der Waals surface area contributed by atoms with Crippen molar-refractivity contribution in [2.24, 2.45) is 0 Å². The van der Waals surface area contributed by atoms with Gasteiger partial charge in [0.2, 0.25) is 0 Å². The molecular weight excluding hydrogens is 607 g/mol. The summed E-state index contributed by atoms with van der Waals surface area (Å²) in [6, 6.07) is 50.6. The van der Waals surface area contributed by atoms with Crippen molar-refractivity contribution in [3.63, 3.8) is 0 Å². The summed E-state index contributed by atoms with van der Waals surface area (Å²) < 4.78 is 8.03. The van der Waals surface area contributed by atoms with Gasteiger partial charge in [-0.2, -0.15) is 0 Å². The normalized spacial score (nSPS) is 11.2. The molecule has 0 fully saturated rings. The third kappa shape index (κ3) is 8.26. The molecule has 50 heavy (non-hydrogen) atoms. The van der Waals surface area contributed by atoms with Crippen LogP contribution in [0.25, 0.3) is 49.7 Å². The molecule has 1 heterocycles. The molecule has 1 aromatic heterocycles. The predicted octanol–water partition coefficient (Wildman–Crippen LogP) is 13.1. The summed E-state index contributed by atoms with van der Waals surface area (Å²) in [4.78, 5) is 0. The SMILES string of the molecule is CCCCc1ccc(CCCOC(C)C)cc1-c1ccccc1C.Cc1ccc(-c2ccc(-n3c4ccccc4c4ccccc43)cc2)cc1. The van der Waals surface area contributed by atoms with Gasteiger partial charge in [0.1, 0.15) is 0 Å². The summed E-state index contributed by atoms with van der Waals surface area (Å²) >= 11 is 0. The van der Waals surface area contributed by atoms with Gasteiger partial charge in [0.25, 0.3) is 0 Å². The molecule has 0 spiro atoms. The van der Waals surface area contributed by atoms with E-state index in [1.54, 1.807) is 0 Å². The highest BCUT2D eigenvalue weighted by Gasteiger charge is 2.12. The number of para-hydroxylation sites is 2. The standard InChI is InChI=1S/C25H19N.C23H32O/c1-18-10-12-19(13-11-18)20-14-16-21(17-15-20)26-24-8-4-2-6-22(24)23-7-3-5-9-25(23)26;1-5-6-12-21-15-14-20(11-9-16-24-18(2)3)17-23(21)22-13-8-7-10-19(22)4/h2-17H,1H3;7-8,10,13-15,17-18H,5-6,9,11-12,16H2,1-4H3. The van der Waals surface area contributed by atoms with Crippen LogP contribution in [0.1, 0.15) is 62.3 Å². The molecule has 0 unspecified atom stereocenters. The van der Waals surface area contributed by atoms with E-state index in [2.05, 4.69) is 179 Å². The molecule has 2 nitrogen and oxygen atoms in total. The van der Waals surface area contributed by atoms with Crippen molar-refractivity contribution < 1.29 is 4.74 Å². The highest BCUT2D eigenvalue weighted by Crippen LogP contribution is 2.33. The molecule has 0 radical (unpaired) electrons. The molecule has 0 atom stereocenters. The quantitative estimate of drug-likeness (QED) is 0.126. The third-order valence-corrected chi connectivity index (χ3v) is 9.56. The lowest BCUT2D eigenvalue weighted by Gasteiger charge is -2.14. The molecular formula is C48H51NO. The highest BCUT2D eigenvalue weighted by molar-refractivity contribution is 6.09. The Morgan fingerprint density at radius 1 is 0.580 bits per heavy atom. The molecule has 0 bridgehead atoms. The summed E-state index contributed by atoms with van der Waals surface area (Å²) in [5.41, 5.74) is 14.5. The molecule has 0 amide bonds. The van der Waals surface area contributed by atoms with Crippen molar-refractivity contribution in [2.45, 2.75) is 72.8 Å². The van der Waals surface area contributed by atoms with Crippen LogP contribution in [0.5, 0.6) is 0 Å². The maximum Gasteiger partial charge on any atom is 0.0541 e. The van der Waals surface area contributed by atoms with Crippen molar-refractivity contribution in [1.82, 2.24) is 4.57 Å². The molecule has 0 saturated carbocycles. The van der Waals surface area contributed by atoms with Crippen molar-refractivity contribution >= 4 is 21.8 Å². The molecule has 0 aliphatic carbocycles. The Balaban J connectivity index is 0.000000174. The number of aromatic nitrogens is 1. The van der Waals surface area contributed by atoms with Crippen LogP contribution in [0.15, 0.2) is 140 Å². The molecule has 0 saturated heterocycles. The van der Waals surface area contributed by atoms with Gasteiger partial charge in [-0.25, -0.2) is 0 Å². The van der Waals surface area contributed by atoms with E-state index in [1.807, 2.05) is 0 Å². The van der Waals surface area contributed by atoms with Crippen molar-refractivity contribution in [2.75, 3.05) is 6.61 Å². The number of unbranched alkanes of at least 4 members (excludes halogenated alkanes) is 1. The zero-order valence-corrected chi connectivity index (χ0v) is 30.5. The second-order valence-electron chi connectivity index (χ2n) is 13.7. The minimum atomic E-state index is 0.323. The number of hydrogen-bond acceptors (Lipinski definition) is 1. The lowest BCUT2D eigenvalue weighted by molar-refractivity contribution is 0.0772. The van der Waals surface area contributed by atoms with E-state index in [1.165, 1.54) is 84.8 Å². The van der Waals surface area contributed by atoms with Crippen LogP contribution in [-0.2, 0) is 17.6 Å². The minimum Gasteiger partial charge on any atom is -0.379 e. The molecule has 7 aromatic rings. The fourth-order valence-electron chi connectivity index (χ4n) is 6.84. The monoisotopic (exact) mass is 657 g/mol. The topological polar surface area (TPSA) is 14.2 Å². The van der Waals surface area contributed by atoms with Gasteiger partial charge >= 0.3 is 0 Å². The largest absolute Gasteiger partial charge is 0.379 e. The van der Waals surface area contributed by atoms with Crippen LogP contribution in [0, 0.1) is 13.8 Å². The molecule has 6 aromatic carbocycles. The number of fused-ring (bicyclic) bond motifs is 3. The smallest absolute Gasteiger partial charge is 0.0541 e. The summed E-state index contributed by atoms with van der Waals surface area (Å²) in [5.74, 6) is 0. The number of hydrogen-bond donors (Lipinski definition) is 0. The summed E-state index contributed by atoms with van der Waals surface area (Å²) in [6.45, 7) is 11.6. The third-order valence-electron chi connectivity index (χ3n) is 9.56. The van der Waals surface area contributed by atoms with Crippen molar-refractivity contribution in [3.05, 3.63) is 162 Å². The molecule has 2 heteroatoms. The molecule has 0 aliphatic rings. The second kappa shape index (κ2) is 16.7. The van der Waals surface area contributed by atoms with Gasteiger partial charge in [-0.3, -0.25) is 0 Å². The van der Waals surface area contributed by atoms with Crippen LogP contribution < -0.4 is 0 Å². The summed E-state index contributed by atoms with van der Waals surface area (Å²) in [6.07, 6.45) is 6.14. The number of ether oxygens (including phenoxy) is 1. The lowest BCUT2D eigenvalue weighted by Crippen LogP contribution is -2.04. The number of benzene rings is 6. The highest BCUT2D eigenvalue weighted by atomic mass is 16.5. The maximum atomic E-state index is 5.67. The fourth-order valence-corrected chi connectivity index (χ4v) is 6.84. The van der Waals surface area contributed by atoms with E-state index in [4.69, 9.17) is 4.74 Å². The maximum absolute atomic E-state index is 5.67. The Bertz CT molecular complexity index is 2080. The molecule has 254 valence electrons. The van der Waals surface area contributed by atoms with Gasteiger partial charge < -0.3 is 9.30 Å². The van der Waals surface area contributed by atoms with E-state index < -0.39 is 0 Å². The van der Waals surface area contributed by atoms with E-state index >= 15 is 0 Å². The van der Waals surface area contributed by atoms with E-state index in [9.17, 15) is 0 Å². The predicted molar refractivity (Wildman–Crippen MR) is 216 cm³/mol. The van der Waals surface area contributed by atoms with Crippen LogP contribution in [0.3, 0.4) is 0 Å². The lowest BCUT2D eigenvalue weighted by atomic mass is 9.91.